The Morgan fingerprint density at radius 2 is 1.88 bits per heavy atom. The van der Waals surface area contributed by atoms with Gasteiger partial charge < -0.3 is 14.8 Å². The zero-order valence-electron chi connectivity index (χ0n) is 13.2. The topological polar surface area (TPSA) is 60.7 Å². The van der Waals surface area contributed by atoms with Crippen molar-refractivity contribution in [2.24, 2.45) is 0 Å². The number of fused-ring (bicyclic) bond motifs is 2. The number of benzene rings is 2. The number of anilines is 2. The molecule has 0 saturated heterocycles. The van der Waals surface area contributed by atoms with Crippen LogP contribution in [0, 0.1) is 0 Å². The third-order valence-electron chi connectivity index (χ3n) is 4.11. The molecule has 0 radical (unpaired) electrons. The zero-order chi connectivity index (χ0) is 16.6. The minimum absolute atomic E-state index is 0.259. The lowest BCUT2D eigenvalue weighted by Gasteiger charge is -2.09. The number of imidazole rings is 1. The summed E-state index contributed by atoms with van der Waals surface area (Å²) in [6, 6.07) is 15.9. The summed E-state index contributed by atoms with van der Waals surface area (Å²) in [5.41, 5.74) is 3.59. The molecule has 0 spiro atoms. The van der Waals surface area contributed by atoms with Crippen molar-refractivity contribution in [1.82, 2.24) is 14.4 Å². The molecule has 0 amide bonds. The highest BCUT2D eigenvalue weighted by molar-refractivity contribution is 5.79. The predicted octanol–water partition coefficient (Wildman–Crippen LogP) is 3.87. The molecule has 4 aromatic rings. The van der Waals surface area contributed by atoms with E-state index in [4.69, 9.17) is 14.5 Å². The Kier molecular flexibility index (Phi) is 3.06. The Morgan fingerprint density at radius 3 is 2.80 bits per heavy atom. The van der Waals surface area contributed by atoms with Crippen molar-refractivity contribution in [2.75, 3.05) is 12.1 Å². The largest absolute Gasteiger partial charge is 0.454 e. The van der Waals surface area contributed by atoms with Crippen molar-refractivity contribution in [3.8, 4) is 22.8 Å². The van der Waals surface area contributed by atoms with Crippen LogP contribution in [0.2, 0.25) is 0 Å². The minimum atomic E-state index is 0.259. The number of nitrogens with zero attached hydrogens (tertiary/aromatic N) is 3. The molecule has 0 aliphatic carbocycles. The van der Waals surface area contributed by atoms with Crippen LogP contribution < -0.4 is 14.8 Å². The summed E-state index contributed by atoms with van der Waals surface area (Å²) in [4.78, 5) is 8.90. The average molecular weight is 330 g/mol. The summed E-state index contributed by atoms with van der Waals surface area (Å²) >= 11 is 0. The first-order chi connectivity index (χ1) is 12.4. The molecule has 6 nitrogen and oxygen atoms in total. The van der Waals surface area contributed by atoms with Crippen LogP contribution in [0.25, 0.3) is 16.9 Å². The fourth-order valence-electron chi connectivity index (χ4n) is 2.93. The molecule has 0 fully saturated rings. The van der Waals surface area contributed by atoms with Gasteiger partial charge in [-0.25, -0.2) is 4.98 Å². The lowest BCUT2D eigenvalue weighted by molar-refractivity contribution is 0.174. The number of ether oxygens (including phenoxy) is 2. The first kappa shape index (κ1) is 13.9. The van der Waals surface area contributed by atoms with Crippen LogP contribution in [0.15, 0.2) is 67.1 Å². The lowest BCUT2D eigenvalue weighted by atomic mass is 10.1. The third-order valence-corrected chi connectivity index (χ3v) is 4.11. The summed E-state index contributed by atoms with van der Waals surface area (Å²) < 4.78 is 12.8. The Balaban J connectivity index is 1.64. The van der Waals surface area contributed by atoms with Gasteiger partial charge in [-0.15, -0.1) is 0 Å². The van der Waals surface area contributed by atoms with Gasteiger partial charge in [0.05, 0.1) is 6.20 Å². The molecule has 1 aliphatic rings. The molecule has 5 rings (SSSR count). The highest BCUT2D eigenvalue weighted by atomic mass is 16.7. The van der Waals surface area contributed by atoms with Gasteiger partial charge in [0.2, 0.25) is 6.79 Å². The van der Waals surface area contributed by atoms with Gasteiger partial charge in [0.15, 0.2) is 17.1 Å². The molecule has 2 aromatic carbocycles. The summed E-state index contributed by atoms with van der Waals surface area (Å²) in [5.74, 6) is 2.38. The van der Waals surface area contributed by atoms with Gasteiger partial charge in [0, 0.05) is 29.7 Å². The number of nitrogens with one attached hydrogen (secondary N) is 1. The summed E-state index contributed by atoms with van der Waals surface area (Å²) in [5, 5.41) is 3.46. The summed E-state index contributed by atoms with van der Waals surface area (Å²) in [7, 11) is 0. The van der Waals surface area contributed by atoms with E-state index in [9.17, 15) is 0 Å². The molecule has 6 heteroatoms. The van der Waals surface area contributed by atoms with Crippen molar-refractivity contribution in [3.05, 3.63) is 67.1 Å². The van der Waals surface area contributed by atoms with Crippen molar-refractivity contribution < 1.29 is 9.47 Å². The number of hydrogen-bond donors (Lipinski definition) is 1. The van der Waals surface area contributed by atoms with Gasteiger partial charge in [-0.05, 0) is 12.1 Å². The van der Waals surface area contributed by atoms with Crippen molar-refractivity contribution in [2.45, 2.75) is 0 Å². The van der Waals surface area contributed by atoms with Crippen LogP contribution in [0.3, 0.4) is 0 Å². The second-order valence-corrected chi connectivity index (χ2v) is 5.67. The minimum Gasteiger partial charge on any atom is -0.454 e. The van der Waals surface area contributed by atoms with Crippen LogP contribution in [-0.2, 0) is 0 Å². The quantitative estimate of drug-likeness (QED) is 0.618. The molecule has 25 heavy (non-hydrogen) atoms. The Hall–Kier alpha value is -3.54. The molecule has 122 valence electrons. The van der Waals surface area contributed by atoms with E-state index in [2.05, 4.69) is 10.3 Å². The number of aromatic nitrogens is 3. The van der Waals surface area contributed by atoms with Gasteiger partial charge in [0.25, 0.3) is 0 Å². The van der Waals surface area contributed by atoms with E-state index in [0.29, 0.717) is 0 Å². The maximum Gasteiger partial charge on any atom is 0.231 e. The molecular formula is C19H14N4O2. The van der Waals surface area contributed by atoms with E-state index >= 15 is 0 Å². The van der Waals surface area contributed by atoms with E-state index in [1.54, 1.807) is 12.4 Å². The fraction of sp³-hybridized carbons (Fsp3) is 0.0526. The van der Waals surface area contributed by atoms with Crippen LogP contribution in [0.5, 0.6) is 11.5 Å². The van der Waals surface area contributed by atoms with Crippen LogP contribution in [0.4, 0.5) is 11.5 Å². The maximum atomic E-state index is 5.47. The SMILES string of the molecule is c1ccc(-c2nc3cnccn3c2Nc2ccc3c(c2)OCO3)cc1. The molecular weight excluding hydrogens is 316 g/mol. The molecule has 2 aromatic heterocycles. The van der Waals surface area contributed by atoms with E-state index < -0.39 is 0 Å². The van der Waals surface area contributed by atoms with Crippen molar-refractivity contribution in [1.29, 1.82) is 0 Å². The first-order valence-corrected chi connectivity index (χ1v) is 7.93. The second kappa shape index (κ2) is 5.52. The first-order valence-electron chi connectivity index (χ1n) is 7.93. The molecule has 0 bridgehead atoms. The molecule has 1 aliphatic heterocycles. The van der Waals surface area contributed by atoms with Crippen molar-refractivity contribution >= 4 is 17.2 Å². The maximum absolute atomic E-state index is 5.47. The van der Waals surface area contributed by atoms with Gasteiger partial charge in [-0.1, -0.05) is 30.3 Å². The Labute approximate surface area is 143 Å². The molecule has 0 unspecified atom stereocenters. The van der Waals surface area contributed by atoms with Crippen LogP contribution in [-0.4, -0.2) is 21.2 Å². The smallest absolute Gasteiger partial charge is 0.231 e. The molecule has 1 N–H and O–H groups in total. The lowest BCUT2D eigenvalue weighted by Crippen LogP contribution is -1.97. The van der Waals surface area contributed by atoms with Gasteiger partial charge >= 0.3 is 0 Å². The van der Waals surface area contributed by atoms with E-state index in [-0.39, 0.29) is 6.79 Å². The Morgan fingerprint density at radius 1 is 1.00 bits per heavy atom. The van der Waals surface area contributed by atoms with Crippen LogP contribution >= 0.6 is 0 Å². The molecule has 3 heterocycles. The number of hydrogen-bond acceptors (Lipinski definition) is 5. The number of rotatable bonds is 3. The highest BCUT2D eigenvalue weighted by Crippen LogP contribution is 2.37. The fourth-order valence-corrected chi connectivity index (χ4v) is 2.93. The van der Waals surface area contributed by atoms with E-state index in [0.717, 1.165) is 39.9 Å². The summed E-state index contributed by atoms with van der Waals surface area (Å²) in [6.07, 6.45) is 5.38. The second-order valence-electron chi connectivity index (χ2n) is 5.67. The van der Waals surface area contributed by atoms with Crippen molar-refractivity contribution in [3.63, 3.8) is 0 Å². The predicted molar refractivity (Wildman–Crippen MR) is 94.3 cm³/mol. The normalized spacial score (nSPS) is 12.5. The van der Waals surface area contributed by atoms with E-state index in [1.165, 1.54) is 0 Å². The van der Waals surface area contributed by atoms with Gasteiger partial charge in [-0.3, -0.25) is 9.38 Å². The summed E-state index contributed by atoms with van der Waals surface area (Å²) in [6.45, 7) is 0.259. The molecule has 0 atom stereocenters. The Bertz CT molecular complexity index is 1060. The standard InChI is InChI=1S/C19H14N4O2/c1-2-4-13(5-3-1)18-19(23-9-8-20-11-17(23)22-18)21-14-6-7-15-16(10-14)25-12-24-15/h1-11,21H,12H2. The average Bonchev–Trinajstić information content (AvgIpc) is 3.27. The van der Waals surface area contributed by atoms with Gasteiger partial charge in [-0.2, -0.15) is 0 Å². The molecule has 0 saturated carbocycles. The van der Waals surface area contributed by atoms with Gasteiger partial charge in [0.1, 0.15) is 11.5 Å². The zero-order valence-corrected chi connectivity index (χ0v) is 13.2. The monoisotopic (exact) mass is 330 g/mol. The van der Waals surface area contributed by atoms with Crippen LogP contribution in [0.1, 0.15) is 0 Å². The van der Waals surface area contributed by atoms with E-state index in [1.807, 2.05) is 59.1 Å². The third kappa shape index (κ3) is 2.35. The highest BCUT2D eigenvalue weighted by Gasteiger charge is 2.17.